The van der Waals surface area contributed by atoms with Crippen LogP contribution < -0.4 is 5.11 Å². The molecule has 0 aliphatic heterocycles. The van der Waals surface area contributed by atoms with Crippen molar-refractivity contribution in [1.82, 2.24) is 0 Å². The van der Waals surface area contributed by atoms with E-state index in [9.17, 15) is 22.6 Å². The van der Waals surface area contributed by atoms with Crippen molar-refractivity contribution >= 4 is 28.3 Å². The second kappa shape index (κ2) is 19.7. The number of carbonyl (C=O) groups excluding carboxylic acids is 3. The smallest absolute Gasteiger partial charge is 0.333 e. The van der Waals surface area contributed by atoms with Crippen LogP contribution in [0.4, 0.5) is 0 Å². The van der Waals surface area contributed by atoms with Crippen LogP contribution in [0.15, 0.2) is 37.0 Å². The van der Waals surface area contributed by atoms with Crippen molar-refractivity contribution in [3.8, 4) is 0 Å². The van der Waals surface area contributed by atoms with Gasteiger partial charge in [-0.15, -0.1) is 0 Å². The molecule has 0 atom stereocenters. The molecule has 35 heavy (non-hydrogen) atoms. The molecular weight excluding hydrogens is 484 g/mol. The summed E-state index contributed by atoms with van der Waals surface area (Å²) >= 11 is 0. The largest absolute Gasteiger partial charge is 0.726 e. The molecule has 0 amide bonds. The SMILES string of the molecule is C=C(C)C(=O)OCC[N+](C)(C)C.C=C(C)C(=O)OCC[N+](C)(C)C.C=CC(=O)[O-].COS(=O)(=O)[O-]. The van der Waals surface area contributed by atoms with Crippen molar-refractivity contribution in [1.29, 1.82) is 0 Å². The van der Waals surface area contributed by atoms with Crippen molar-refractivity contribution in [2.45, 2.75) is 13.8 Å². The maximum Gasteiger partial charge on any atom is 0.333 e. The molecule has 0 aliphatic carbocycles. The van der Waals surface area contributed by atoms with Gasteiger partial charge in [-0.25, -0.2) is 18.0 Å². The summed E-state index contributed by atoms with van der Waals surface area (Å²) < 4.78 is 42.5. The number of quaternary nitrogens is 2. The quantitative estimate of drug-likeness (QED) is 0.121. The Bertz CT molecular complexity index is 750. The van der Waals surface area contributed by atoms with Gasteiger partial charge in [0.25, 0.3) is 0 Å². The first-order valence-electron chi connectivity index (χ1n) is 10.1. The highest BCUT2D eigenvalue weighted by atomic mass is 32.3. The molecule has 0 N–H and O–H groups in total. The Balaban J connectivity index is -0.000000196. The number of likely N-dealkylation sites (N-methyl/N-ethyl adjacent to an activating group) is 2. The summed E-state index contributed by atoms with van der Waals surface area (Å²) in [5.41, 5.74) is 0.910. The predicted molar refractivity (Wildman–Crippen MR) is 129 cm³/mol. The molecule has 0 heterocycles. The van der Waals surface area contributed by atoms with Crippen molar-refractivity contribution in [3.63, 3.8) is 0 Å². The van der Waals surface area contributed by atoms with Crippen molar-refractivity contribution in [2.75, 3.05) is 75.7 Å². The van der Waals surface area contributed by atoms with E-state index in [1.54, 1.807) is 13.8 Å². The van der Waals surface area contributed by atoms with Gasteiger partial charge in [0.15, 0.2) is 0 Å². The molecule has 0 radical (unpaired) electrons. The predicted octanol–water partition coefficient (Wildman–Crippen LogP) is -0.361. The summed E-state index contributed by atoms with van der Waals surface area (Å²) in [4.78, 5) is 30.9. The molecule has 0 bridgehead atoms. The molecule has 0 fully saturated rings. The van der Waals surface area contributed by atoms with Gasteiger partial charge in [0, 0.05) is 11.1 Å². The van der Waals surface area contributed by atoms with Crippen LogP contribution >= 0.6 is 0 Å². The zero-order chi connectivity index (χ0) is 29.0. The van der Waals surface area contributed by atoms with Gasteiger partial charge >= 0.3 is 11.9 Å². The second-order valence-electron chi connectivity index (χ2n) is 8.96. The first kappa shape index (κ1) is 39.6. The normalized spacial score (nSPS) is 10.5. The van der Waals surface area contributed by atoms with Gasteiger partial charge < -0.3 is 32.9 Å². The topological polar surface area (TPSA) is 159 Å². The standard InChI is InChI=1S/2C9H18NO2.C3H4O2.CH4O4S/c2*1-8(2)9(11)12-7-6-10(3,4)5;1-2-3(4)5;1-5-6(2,3)4/h2*1,6-7H2,2-5H3;2H,1H2,(H,4,5);1H3,(H,2,3,4)/q2*+1;;/p-2. The van der Waals surface area contributed by atoms with E-state index in [0.717, 1.165) is 35.2 Å². The summed E-state index contributed by atoms with van der Waals surface area (Å²) in [7, 11) is 8.70. The number of ether oxygens (including phenoxy) is 2. The van der Waals surface area contributed by atoms with E-state index in [4.69, 9.17) is 19.4 Å². The van der Waals surface area contributed by atoms with E-state index in [1.165, 1.54) is 0 Å². The number of aliphatic carboxylic acids is 1. The fourth-order valence-corrected chi connectivity index (χ4v) is 1.07. The first-order chi connectivity index (χ1) is 15.5. The van der Waals surface area contributed by atoms with Gasteiger partial charge in [-0.05, 0) is 19.9 Å². The Hall–Kier alpha value is -2.58. The molecule has 0 spiro atoms. The molecule has 12 nitrogen and oxygen atoms in total. The molecule has 206 valence electrons. The third kappa shape index (κ3) is 45.6. The molecule has 0 rings (SSSR count). The number of rotatable bonds is 10. The zero-order valence-corrected chi connectivity index (χ0v) is 23.2. The van der Waals surface area contributed by atoms with E-state index >= 15 is 0 Å². The van der Waals surface area contributed by atoms with Crippen LogP contribution in [0.3, 0.4) is 0 Å². The minimum atomic E-state index is -4.41. The Morgan fingerprint density at radius 3 is 1.17 bits per heavy atom. The van der Waals surface area contributed by atoms with Gasteiger partial charge in [0.1, 0.15) is 26.3 Å². The van der Waals surface area contributed by atoms with Crippen molar-refractivity contribution in [3.05, 3.63) is 37.0 Å². The number of esters is 2. The minimum absolute atomic E-state index is 0.302. The fourth-order valence-electron chi connectivity index (χ4n) is 1.07. The van der Waals surface area contributed by atoms with Crippen LogP contribution in [-0.4, -0.2) is 116 Å². The van der Waals surface area contributed by atoms with Crippen LogP contribution in [0.1, 0.15) is 13.8 Å². The summed E-state index contributed by atoms with van der Waals surface area (Å²) in [6, 6.07) is 0. The van der Waals surface area contributed by atoms with E-state index < -0.39 is 16.4 Å². The Labute approximate surface area is 210 Å². The van der Waals surface area contributed by atoms with Gasteiger partial charge in [-0.2, -0.15) is 0 Å². The van der Waals surface area contributed by atoms with Gasteiger partial charge in [-0.1, -0.05) is 19.7 Å². The molecule has 0 aliphatic rings. The average Bonchev–Trinajstić information content (AvgIpc) is 2.66. The lowest BCUT2D eigenvalue weighted by atomic mass is 10.4. The monoisotopic (exact) mass is 526 g/mol. The maximum absolute atomic E-state index is 10.9. The van der Waals surface area contributed by atoms with E-state index in [0.29, 0.717) is 24.4 Å². The van der Waals surface area contributed by atoms with Crippen molar-refractivity contribution < 1.29 is 55.1 Å². The van der Waals surface area contributed by atoms with E-state index in [-0.39, 0.29) is 11.9 Å². The highest BCUT2D eigenvalue weighted by molar-refractivity contribution is 7.80. The Morgan fingerprint density at radius 1 is 0.829 bits per heavy atom. The maximum atomic E-state index is 10.9. The van der Waals surface area contributed by atoms with Gasteiger partial charge in [-0.3, -0.25) is 4.18 Å². The summed E-state index contributed by atoms with van der Waals surface area (Å²) in [6.07, 6.45) is 0.722. The third-order valence-electron chi connectivity index (χ3n) is 3.06. The van der Waals surface area contributed by atoms with Crippen LogP contribution in [0.5, 0.6) is 0 Å². The van der Waals surface area contributed by atoms with Crippen LogP contribution in [0, 0.1) is 0 Å². The van der Waals surface area contributed by atoms with Crippen molar-refractivity contribution in [2.24, 2.45) is 0 Å². The number of carboxylic acid groups (broad SMARTS) is 1. The minimum Gasteiger partial charge on any atom is -0.726 e. The number of hydrogen-bond acceptors (Lipinski definition) is 10. The fraction of sp³-hybridized carbons (Fsp3) is 0.591. The Morgan fingerprint density at radius 2 is 1.06 bits per heavy atom. The summed E-state index contributed by atoms with van der Waals surface area (Å²) in [5.74, 6) is -1.84. The lowest BCUT2D eigenvalue weighted by Gasteiger charge is -2.23. The third-order valence-corrected chi connectivity index (χ3v) is 3.47. The number of hydrogen-bond donors (Lipinski definition) is 0. The van der Waals surface area contributed by atoms with Crippen LogP contribution in [0.25, 0.3) is 0 Å². The molecule has 13 heteroatoms. The lowest BCUT2D eigenvalue weighted by Crippen LogP contribution is -2.38. The van der Waals surface area contributed by atoms with Gasteiger partial charge in [0.2, 0.25) is 10.4 Å². The van der Waals surface area contributed by atoms with E-state index in [2.05, 4.69) is 66.2 Å². The first-order valence-corrected chi connectivity index (χ1v) is 11.4. The number of carbonyl (C=O) groups is 3. The van der Waals surface area contributed by atoms with Gasteiger partial charge in [0.05, 0.1) is 55.4 Å². The molecule has 0 unspecified atom stereocenters. The highest BCUT2D eigenvalue weighted by Crippen LogP contribution is 1.95. The summed E-state index contributed by atoms with van der Waals surface area (Å²) in [5, 5.41) is 9.14. The number of carboxylic acids is 1. The second-order valence-corrected chi connectivity index (χ2v) is 10.1. The molecule has 0 saturated heterocycles. The molecule has 0 aromatic carbocycles. The highest BCUT2D eigenvalue weighted by Gasteiger charge is 2.10. The van der Waals surface area contributed by atoms with Crippen LogP contribution in [0.2, 0.25) is 0 Å². The zero-order valence-electron chi connectivity index (χ0n) is 22.4. The molecule has 0 aromatic heterocycles. The summed E-state index contributed by atoms with van der Waals surface area (Å²) in [6.45, 7) is 15.7. The number of nitrogens with zero attached hydrogens (tertiary/aromatic N) is 2. The van der Waals surface area contributed by atoms with E-state index in [1.807, 2.05) is 0 Å². The lowest BCUT2D eigenvalue weighted by molar-refractivity contribution is -0.870. The molecule has 0 saturated carbocycles. The molecule has 0 aromatic rings. The molecular formula is C22H42N2O10S. The average molecular weight is 527 g/mol. The Kier molecular flexibility index (Phi) is 22.3. The van der Waals surface area contributed by atoms with Crippen LogP contribution in [-0.2, 0) is 38.4 Å².